The molecule has 4 heteroatoms. The number of nitrogens with one attached hydrogen (secondary N) is 1. The summed E-state index contributed by atoms with van der Waals surface area (Å²) in [6, 6.07) is 11.0. The van der Waals surface area contributed by atoms with Crippen LogP contribution in [-0.4, -0.2) is 7.11 Å². The summed E-state index contributed by atoms with van der Waals surface area (Å²) < 4.78 is 19.5. The monoisotopic (exact) mass is 323 g/mol. The first-order valence-corrected chi connectivity index (χ1v) is 6.72. The molecule has 0 unspecified atom stereocenters. The largest absolute Gasteiger partial charge is 0.494 e. The summed E-state index contributed by atoms with van der Waals surface area (Å²) in [4.78, 5) is 0. The number of methoxy groups -OCH3 is 1. The molecular formula is C15H15BrFNO. The lowest BCUT2D eigenvalue weighted by molar-refractivity contribution is 0.386. The zero-order valence-electron chi connectivity index (χ0n) is 10.8. The van der Waals surface area contributed by atoms with Gasteiger partial charge in [-0.25, -0.2) is 4.39 Å². The highest BCUT2D eigenvalue weighted by Gasteiger charge is 2.03. The molecule has 0 saturated heterocycles. The molecule has 2 nitrogen and oxygen atoms in total. The van der Waals surface area contributed by atoms with E-state index in [9.17, 15) is 4.39 Å². The van der Waals surface area contributed by atoms with Crippen LogP contribution in [0.15, 0.2) is 40.9 Å². The van der Waals surface area contributed by atoms with Gasteiger partial charge in [-0.2, -0.15) is 0 Å². The van der Waals surface area contributed by atoms with Crippen LogP contribution in [0.3, 0.4) is 0 Å². The molecule has 0 fully saturated rings. The van der Waals surface area contributed by atoms with Gasteiger partial charge in [0.15, 0.2) is 11.6 Å². The first kappa shape index (κ1) is 13.9. The summed E-state index contributed by atoms with van der Waals surface area (Å²) in [5, 5.41) is 3.26. The summed E-state index contributed by atoms with van der Waals surface area (Å²) in [6.45, 7) is 2.60. The molecule has 1 N–H and O–H groups in total. The minimum absolute atomic E-state index is 0.266. The maximum Gasteiger partial charge on any atom is 0.165 e. The molecule has 0 bridgehead atoms. The van der Waals surface area contributed by atoms with Crippen molar-refractivity contribution in [1.29, 1.82) is 0 Å². The third-order valence-corrected chi connectivity index (χ3v) is 3.74. The number of ether oxygens (including phenoxy) is 1. The van der Waals surface area contributed by atoms with E-state index in [1.165, 1.54) is 18.7 Å². The van der Waals surface area contributed by atoms with Crippen LogP contribution < -0.4 is 10.1 Å². The second-order valence-electron chi connectivity index (χ2n) is 4.29. The molecular weight excluding hydrogens is 309 g/mol. The molecule has 0 spiro atoms. The molecule has 0 aliphatic heterocycles. The van der Waals surface area contributed by atoms with Gasteiger partial charge in [0.25, 0.3) is 0 Å². The number of hydrogen-bond donors (Lipinski definition) is 1. The van der Waals surface area contributed by atoms with E-state index < -0.39 is 0 Å². The quantitative estimate of drug-likeness (QED) is 0.893. The Labute approximate surface area is 120 Å². The summed E-state index contributed by atoms with van der Waals surface area (Å²) in [6.07, 6.45) is 0. The topological polar surface area (TPSA) is 21.3 Å². The third-order valence-electron chi connectivity index (χ3n) is 2.88. The minimum Gasteiger partial charge on any atom is -0.494 e. The van der Waals surface area contributed by atoms with Crippen molar-refractivity contribution in [2.24, 2.45) is 0 Å². The van der Waals surface area contributed by atoms with Crippen LogP contribution in [0.25, 0.3) is 0 Å². The molecule has 19 heavy (non-hydrogen) atoms. The fourth-order valence-corrected chi connectivity index (χ4v) is 2.11. The number of benzene rings is 2. The highest BCUT2D eigenvalue weighted by molar-refractivity contribution is 9.10. The van der Waals surface area contributed by atoms with Crippen LogP contribution in [0, 0.1) is 12.7 Å². The van der Waals surface area contributed by atoms with Crippen molar-refractivity contribution in [2.45, 2.75) is 13.5 Å². The number of aryl methyl sites for hydroxylation is 1. The Morgan fingerprint density at radius 2 is 2.00 bits per heavy atom. The molecule has 0 amide bonds. The van der Waals surface area contributed by atoms with Gasteiger partial charge >= 0.3 is 0 Å². The molecule has 2 aromatic rings. The Bertz CT molecular complexity index is 586. The first-order valence-electron chi connectivity index (χ1n) is 5.92. The molecule has 0 radical (unpaired) electrons. The van der Waals surface area contributed by atoms with Gasteiger partial charge in [-0.05, 0) is 42.3 Å². The van der Waals surface area contributed by atoms with Crippen LogP contribution >= 0.6 is 15.9 Å². The van der Waals surface area contributed by atoms with Crippen LogP contribution in [0.2, 0.25) is 0 Å². The number of halogens is 2. The molecule has 0 aliphatic carbocycles. The van der Waals surface area contributed by atoms with E-state index in [1.807, 2.05) is 31.2 Å². The van der Waals surface area contributed by atoms with Crippen molar-refractivity contribution < 1.29 is 9.13 Å². The maximum absolute atomic E-state index is 13.5. The van der Waals surface area contributed by atoms with Gasteiger partial charge in [0.2, 0.25) is 0 Å². The predicted octanol–water partition coefficient (Wildman–Crippen LogP) is 4.52. The van der Waals surface area contributed by atoms with E-state index in [1.54, 1.807) is 6.07 Å². The van der Waals surface area contributed by atoms with E-state index >= 15 is 0 Å². The molecule has 2 rings (SSSR count). The number of anilines is 1. The van der Waals surface area contributed by atoms with Crippen LogP contribution in [0.1, 0.15) is 11.1 Å². The van der Waals surface area contributed by atoms with Crippen molar-refractivity contribution in [3.63, 3.8) is 0 Å². The predicted molar refractivity (Wildman–Crippen MR) is 79.2 cm³/mol. The summed E-state index contributed by atoms with van der Waals surface area (Å²) in [7, 11) is 1.46. The second-order valence-corrected chi connectivity index (χ2v) is 5.14. The Morgan fingerprint density at radius 1 is 1.21 bits per heavy atom. The van der Waals surface area contributed by atoms with E-state index in [0.29, 0.717) is 6.54 Å². The Hall–Kier alpha value is -1.55. The van der Waals surface area contributed by atoms with Crippen molar-refractivity contribution in [3.05, 3.63) is 57.8 Å². The van der Waals surface area contributed by atoms with E-state index in [-0.39, 0.29) is 11.6 Å². The van der Waals surface area contributed by atoms with Crippen molar-refractivity contribution in [1.82, 2.24) is 0 Å². The minimum atomic E-state index is -0.341. The maximum atomic E-state index is 13.5. The van der Waals surface area contributed by atoms with Gasteiger partial charge in [-0.15, -0.1) is 0 Å². The van der Waals surface area contributed by atoms with E-state index in [4.69, 9.17) is 4.74 Å². The van der Waals surface area contributed by atoms with Gasteiger partial charge < -0.3 is 10.1 Å². The zero-order chi connectivity index (χ0) is 13.8. The summed E-state index contributed by atoms with van der Waals surface area (Å²) in [5.74, 6) is -0.0753. The van der Waals surface area contributed by atoms with Gasteiger partial charge in [-0.1, -0.05) is 28.1 Å². The van der Waals surface area contributed by atoms with Gasteiger partial charge in [0, 0.05) is 16.7 Å². The summed E-state index contributed by atoms with van der Waals surface area (Å²) >= 11 is 3.49. The average Bonchev–Trinajstić information content (AvgIpc) is 2.40. The van der Waals surface area contributed by atoms with Crippen LogP contribution in [-0.2, 0) is 6.54 Å². The van der Waals surface area contributed by atoms with Crippen molar-refractivity contribution >= 4 is 21.6 Å². The Morgan fingerprint density at radius 3 is 2.63 bits per heavy atom. The summed E-state index contributed by atoms with van der Waals surface area (Å²) in [5.41, 5.74) is 3.05. The highest BCUT2D eigenvalue weighted by atomic mass is 79.9. The standard InChI is InChI=1S/C15H15BrFNO/c1-10-3-5-12(8-13(10)16)18-9-11-4-6-15(19-2)14(17)7-11/h3-8,18H,9H2,1-2H3. The molecule has 0 atom stereocenters. The number of rotatable bonds is 4. The molecule has 100 valence electrons. The van der Waals surface area contributed by atoms with Crippen molar-refractivity contribution in [2.75, 3.05) is 12.4 Å². The normalized spacial score (nSPS) is 10.3. The molecule has 2 aromatic carbocycles. The third kappa shape index (κ3) is 3.47. The molecule has 0 saturated carbocycles. The van der Waals surface area contributed by atoms with E-state index in [0.717, 1.165) is 15.7 Å². The molecule has 0 aromatic heterocycles. The van der Waals surface area contributed by atoms with Gasteiger partial charge in [0.05, 0.1) is 7.11 Å². The lowest BCUT2D eigenvalue weighted by Gasteiger charge is -2.09. The van der Waals surface area contributed by atoms with Crippen LogP contribution in [0.5, 0.6) is 5.75 Å². The fraction of sp³-hybridized carbons (Fsp3) is 0.200. The van der Waals surface area contributed by atoms with E-state index in [2.05, 4.69) is 21.2 Å². The zero-order valence-corrected chi connectivity index (χ0v) is 12.4. The van der Waals surface area contributed by atoms with Gasteiger partial charge in [-0.3, -0.25) is 0 Å². The first-order chi connectivity index (χ1) is 9.10. The molecule has 0 aliphatic rings. The smallest absolute Gasteiger partial charge is 0.165 e. The number of hydrogen-bond acceptors (Lipinski definition) is 2. The average molecular weight is 324 g/mol. The Balaban J connectivity index is 2.05. The van der Waals surface area contributed by atoms with Gasteiger partial charge in [0.1, 0.15) is 0 Å². The lowest BCUT2D eigenvalue weighted by Crippen LogP contribution is -2.00. The van der Waals surface area contributed by atoms with Crippen molar-refractivity contribution in [3.8, 4) is 5.75 Å². The second kappa shape index (κ2) is 6.06. The fourth-order valence-electron chi connectivity index (χ4n) is 1.73. The Kier molecular flexibility index (Phi) is 4.43. The highest BCUT2D eigenvalue weighted by Crippen LogP contribution is 2.22. The SMILES string of the molecule is COc1ccc(CNc2ccc(C)c(Br)c2)cc1F. The van der Waals surface area contributed by atoms with Crippen LogP contribution in [0.4, 0.5) is 10.1 Å². The lowest BCUT2D eigenvalue weighted by atomic mass is 10.2. The molecule has 0 heterocycles.